The number of nitrogens with zero attached hydrogens (tertiary/aromatic N) is 3. The summed E-state index contributed by atoms with van der Waals surface area (Å²) in [6.45, 7) is -0.624. The Hall–Kier alpha value is -3.64. The molecule has 4 heterocycles. The van der Waals surface area contributed by atoms with Crippen molar-refractivity contribution in [2.45, 2.75) is 23.6 Å². The van der Waals surface area contributed by atoms with Gasteiger partial charge in [0.25, 0.3) is 23.4 Å². The van der Waals surface area contributed by atoms with Crippen molar-refractivity contribution in [2.24, 2.45) is 11.1 Å². The van der Waals surface area contributed by atoms with E-state index in [2.05, 4.69) is 20.3 Å². The fourth-order valence-electron chi connectivity index (χ4n) is 4.00. The molecule has 0 spiro atoms. The quantitative estimate of drug-likeness (QED) is 0.113. The smallest absolute Gasteiger partial charge is 0.370 e. The molecule has 0 aliphatic carbocycles. The van der Waals surface area contributed by atoms with E-state index in [1.54, 1.807) is 0 Å². The molecule has 0 radical (unpaired) electrons. The number of carboxylic acid groups (broad SMARTS) is 1. The molecular formula is C17H18N6O10S2. The molecule has 1 aromatic heterocycles. The number of ether oxygens (including phenoxy) is 1. The van der Waals surface area contributed by atoms with Gasteiger partial charge in [-0.1, -0.05) is 5.16 Å². The minimum absolute atomic E-state index is 0.0302. The minimum atomic E-state index is -2.29. The van der Waals surface area contributed by atoms with Gasteiger partial charge in [-0.15, -0.1) is 11.3 Å². The van der Waals surface area contributed by atoms with Gasteiger partial charge >= 0.3 is 11.9 Å². The molecule has 0 bridgehead atoms. The van der Waals surface area contributed by atoms with Crippen LogP contribution in [0.4, 0.5) is 5.13 Å². The molecule has 1 unspecified atom stereocenters. The molecule has 5 atom stereocenters. The SMILES string of the molecule is CONC(=O)CO/N=C(\C(=O)N[C@@H]1C(=O)N2[C@@H]1S(=O)C[C@@H]1CC(=O)O[C@@]12C(=O)O)c1csc(N)n1. The Morgan fingerprint density at radius 2 is 2.20 bits per heavy atom. The second kappa shape index (κ2) is 9.19. The first-order chi connectivity index (χ1) is 16.6. The van der Waals surface area contributed by atoms with E-state index >= 15 is 0 Å². The number of carboxylic acids is 1. The number of carbonyl (C=O) groups excluding carboxylic acids is 4. The first-order valence-electron chi connectivity index (χ1n) is 9.79. The summed E-state index contributed by atoms with van der Waals surface area (Å²) in [6, 6.07) is -1.40. The molecule has 3 aliphatic rings. The average Bonchev–Trinajstić information content (AvgIpc) is 3.36. The number of amides is 3. The molecule has 3 saturated heterocycles. The second-order valence-electron chi connectivity index (χ2n) is 7.49. The zero-order valence-electron chi connectivity index (χ0n) is 17.8. The van der Waals surface area contributed by atoms with Crippen molar-refractivity contribution < 1.29 is 47.7 Å². The molecule has 3 fully saturated rings. The Labute approximate surface area is 202 Å². The van der Waals surface area contributed by atoms with Gasteiger partial charge in [-0.3, -0.25) is 33.1 Å². The number of anilines is 1. The van der Waals surface area contributed by atoms with Crippen LogP contribution in [0.3, 0.4) is 0 Å². The second-order valence-corrected chi connectivity index (χ2v) is 9.96. The lowest BCUT2D eigenvalue weighted by molar-refractivity contribution is -0.216. The summed E-state index contributed by atoms with van der Waals surface area (Å²) in [7, 11) is -0.604. The van der Waals surface area contributed by atoms with Crippen molar-refractivity contribution in [3.8, 4) is 0 Å². The van der Waals surface area contributed by atoms with Gasteiger partial charge in [0.15, 0.2) is 17.5 Å². The number of thiazole rings is 1. The summed E-state index contributed by atoms with van der Waals surface area (Å²) in [6.07, 6.45) is -0.304. The molecule has 5 N–H and O–H groups in total. The number of hydrogen-bond donors (Lipinski definition) is 4. The highest BCUT2D eigenvalue weighted by molar-refractivity contribution is 7.85. The Morgan fingerprint density at radius 1 is 1.46 bits per heavy atom. The van der Waals surface area contributed by atoms with Gasteiger partial charge in [-0.05, 0) is 0 Å². The van der Waals surface area contributed by atoms with Crippen LogP contribution in [0.2, 0.25) is 0 Å². The Balaban J connectivity index is 1.55. The first kappa shape index (κ1) is 24.5. The van der Waals surface area contributed by atoms with E-state index in [-0.39, 0.29) is 23.0 Å². The third-order valence-corrected chi connectivity index (χ3v) is 7.84. The largest absolute Gasteiger partial charge is 0.477 e. The minimum Gasteiger partial charge on any atom is -0.477 e. The van der Waals surface area contributed by atoms with Crippen molar-refractivity contribution in [1.82, 2.24) is 20.7 Å². The summed E-state index contributed by atoms with van der Waals surface area (Å²) in [4.78, 5) is 75.2. The van der Waals surface area contributed by atoms with Gasteiger partial charge in [0.05, 0.1) is 19.4 Å². The Morgan fingerprint density at radius 3 is 2.83 bits per heavy atom. The molecule has 4 rings (SSSR count). The average molecular weight is 530 g/mol. The predicted octanol–water partition coefficient (Wildman–Crippen LogP) is -3.12. The number of aromatic nitrogens is 1. The Bertz CT molecular complexity index is 1170. The number of carbonyl (C=O) groups is 5. The lowest BCUT2D eigenvalue weighted by Gasteiger charge is -2.56. The van der Waals surface area contributed by atoms with E-state index in [1.165, 1.54) is 12.5 Å². The van der Waals surface area contributed by atoms with Crippen LogP contribution in [-0.4, -0.2) is 91.2 Å². The maximum absolute atomic E-state index is 13.0. The number of nitrogens with one attached hydrogen (secondary N) is 2. The maximum Gasteiger partial charge on any atom is 0.370 e. The fourth-order valence-corrected chi connectivity index (χ4v) is 6.47. The molecule has 3 amide bonds. The number of hydroxylamine groups is 1. The molecule has 0 aromatic carbocycles. The fraction of sp³-hybridized carbons (Fsp3) is 0.471. The van der Waals surface area contributed by atoms with Crippen LogP contribution in [-0.2, 0) is 49.2 Å². The van der Waals surface area contributed by atoms with Gasteiger partial charge in [-0.2, -0.15) is 0 Å². The number of oxime groups is 1. The summed E-state index contributed by atoms with van der Waals surface area (Å²) in [5.41, 5.74) is 4.82. The number of aliphatic carboxylic acids is 1. The normalized spacial score (nSPS) is 29.4. The van der Waals surface area contributed by atoms with Crippen molar-refractivity contribution in [2.75, 3.05) is 25.2 Å². The highest BCUT2D eigenvalue weighted by Crippen LogP contribution is 2.47. The van der Waals surface area contributed by atoms with E-state index < -0.39 is 75.8 Å². The van der Waals surface area contributed by atoms with Crippen LogP contribution in [0.5, 0.6) is 0 Å². The summed E-state index contributed by atoms with van der Waals surface area (Å²) in [5, 5.41) is 15.9. The molecule has 0 saturated carbocycles. The lowest BCUT2D eigenvalue weighted by Crippen LogP contribution is -2.83. The molecule has 1 aromatic rings. The topological polar surface area (TPSA) is 229 Å². The molecule has 16 nitrogen and oxygen atoms in total. The standard InChI is InChI=1S/C17H18N6O10S2/c1-31-21-8(24)3-32-22-10(7-4-34-16(18)19-7)12(26)20-11-13(27)23-14(11)35(30)5-6-2-9(25)33-17(6,23)15(28)29/h4,6,11,14H,2-3,5H2,1H3,(H2,18,19)(H,20,26)(H,21,24)(H,28,29)/b22-10-/t6-,11+,14+,17+,35?/m0/s1. The van der Waals surface area contributed by atoms with Gasteiger partial charge in [0.1, 0.15) is 17.1 Å². The van der Waals surface area contributed by atoms with Crippen LogP contribution in [0.15, 0.2) is 10.5 Å². The zero-order valence-corrected chi connectivity index (χ0v) is 19.4. The van der Waals surface area contributed by atoms with Crippen LogP contribution in [0.25, 0.3) is 0 Å². The highest BCUT2D eigenvalue weighted by Gasteiger charge is 2.73. The van der Waals surface area contributed by atoms with E-state index in [0.29, 0.717) is 0 Å². The van der Waals surface area contributed by atoms with Crippen molar-refractivity contribution in [1.29, 1.82) is 0 Å². The number of β-lactam (4-membered cyclic amide) rings is 1. The van der Waals surface area contributed by atoms with Crippen LogP contribution in [0.1, 0.15) is 12.1 Å². The van der Waals surface area contributed by atoms with Crippen LogP contribution < -0.4 is 16.5 Å². The molecular weight excluding hydrogens is 512 g/mol. The van der Waals surface area contributed by atoms with E-state index in [9.17, 15) is 33.3 Å². The van der Waals surface area contributed by atoms with E-state index in [1.807, 2.05) is 5.48 Å². The van der Waals surface area contributed by atoms with Crippen molar-refractivity contribution in [3.05, 3.63) is 11.1 Å². The Kier molecular flexibility index (Phi) is 6.43. The molecule has 188 valence electrons. The number of rotatable bonds is 8. The van der Waals surface area contributed by atoms with Gasteiger partial charge < -0.3 is 25.7 Å². The summed E-state index contributed by atoms with van der Waals surface area (Å²) >= 11 is 0.983. The van der Waals surface area contributed by atoms with Gasteiger partial charge in [0.2, 0.25) is 0 Å². The monoisotopic (exact) mass is 530 g/mol. The molecule has 18 heteroatoms. The highest BCUT2D eigenvalue weighted by atomic mass is 32.2. The van der Waals surface area contributed by atoms with E-state index in [0.717, 1.165) is 16.2 Å². The number of nitrogens with two attached hydrogens (primary N) is 1. The van der Waals surface area contributed by atoms with Crippen LogP contribution >= 0.6 is 11.3 Å². The number of nitrogen functional groups attached to an aromatic ring is 1. The maximum atomic E-state index is 13.0. The van der Waals surface area contributed by atoms with Gasteiger partial charge in [0, 0.05) is 21.9 Å². The summed E-state index contributed by atoms with van der Waals surface area (Å²) in [5.74, 6) is -6.23. The first-order valence-corrected chi connectivity index (χ1v) is 12.1. The third kappa shape index (κ3) is 4.08. The van der Waals surface area contributed by atoms with Gasteiger partial charge in [-0.25, -0.2) is 15.3 Å². The van der Waals surface area contributed by atoms with Crippen LogP contribution in [0, 0.1) is 5.92 Å². The summed E-state index contributed by atoms with van der Waals surface area (Å²) < 4.78 is 17.9. The number of hydrogen-bond acceptors (Lipinski definition) is 13. The number of esters is 1. The molecule has 3 aliphatic heterocycles. The lowest BCUT2D eigenvalue weighted by atomic mass is 9.89. The predicted molar refractivity (Wildman–Crippen MR) is 114 cm³/mol. The van der Waals surface area contributed by atoms with Crippen molar-refractivity contribution >= 4 is 62.6 Å². The third-order valence-electron chi connectivity index (χ3n) is 5.41. The van der Waals surface area contributed by atoms with Crippen molar-refractivity contribution in [3.63, 3.8) is 0 Å². The molecule has 35 heavy (non-hydrogen) atoms. The zero-order chi connectivity index (χ0) is 25.5. The van der Waals surface area contributed by atoms with E-state index in [4.69, 9.17) is 15.3 Å². The number of fused-ring (bicyclic) bond motifs is 3.